The summed E-state index contributed by atoms with van der Waals surface area (Å²) in [5.41, 5.74) is 6.09. The van der Waals surface area contributed by atoms with E-state index in [2.05, 4.69) is 15.5 Å². The average molecular weight is 305 g/mol. The molecular weight excluding hydrogens is 280 g/mol. The van der Waals surface area contributed by atoms with Crippen LogP contribution in [0.1, 0.15) is 26.7 Å². The smallest absolute Gasteiger partial charge is 0.321 e. The number of hydrogen-bond acceptors (Lipinski definition) is 4. The summed E-state index contributed by atoms with van der Waals surface area (Å²) in [6.45, 7) is 5.96. The fourth-order valence-corrected chi connectivity index (χ4v) is 3.25. The topological polar surface area (TPSA) is 87.5 Å². The van der Waals surface area contributed by atoms with Gasteiger partial charge in [0.1, 0.15) is 0 Å². The number of nitrogens with one attached hydrogen (secondary N) is 2. The normalized spacial score (nSPS) is 30.2. The van der Waals surface area contributed by atoms with Gasteiger partial charge in [0.15, 0.2) is 0 Å². The van der Waals surface area contributed by atoms with Crippen LogP contribution in [0, 0.1) is 11.8 Å². The molecule has 4 N–H and O–H groups in total. The minimum atomic E-state index is -0.421. The maximum absolute atomic E-state index is 12.0. The molecule has 0 spiro atoms. The first-order valence-electron chi connectivity index (χ1n) is 7.11. The quantitative estimate of drug-likeness (QED) is 0.700. The zero-order valence-electron chi connectivity index (χ0n) is 12.1. The Kier molecular flexibility index (Phi) is 6.23. The number of rotatable bonds is 3. The number of likely N-dealkylation sites (tertiary alicyclic amines) is 1. The SMILES string of the molecule is CCNC(=O)NC(=O)C(C)N1CC2CCC(N)C2C1.Cl. The minimum Gasteiger partial charge on any atom is -0.338 e. The summed E-state index contributed by atoms with van der Waals surface area (Å²) in [5, 5.41) is 4.93. The van der Waals surface area contributed by atoms with Crippen LogP contribution in [0.3, 0.4) is 0 Å². The molecule has 1 heterocycles. The average Bonchev–Trinajstić information content (AvgIpc) is 2.91. The Bertz CT molecular complexity index is 366. The van der Waals surface area contributed by atoms with Crippen LogP contribution < -0.4 is 16.4 Å². The van der Waals surface area contributed by atoms with E-state index in [-0.39, 0.29) is 30.4 Å². The van der Waals surface area contributed by atoms with Crippen molar-refractivity contribution in [3.05, 3.63) is 0 Å². The summed E-state index contributed by atoms with van der Waals surface area (Å²) in [4.78, 5) is 25.5. The van der Waals surface area contributed by atoms with E-state index in [0.717, 1.165) is 25.9 Å². The molecule has 3 amide bonds. The number of nitrogens with zero attached hydrogens (tertiary/aromatic N) is 1. The third-order valence-electron chi connectivity index (χ3n) is 4.44. The second kappa shape index (κ2) is 7.24. The number of halogens is 1. The lowest BCUT2D eigenvalue weighted by Gasteiger charge is -2.24. The van der Waals surface area contributed by atoms with Crippen LogP contribution in [-0.4, -0.2) is 48.6 Å². The first kappa shape index (κ1) is 17.2. The van der Waals surface area contributed by atoms with Crippen LogP contribution in [0.5, 0.6) is 0 Å². The lowest BCUT2D eigenvalue weighted by atomic mass is 9.98. The third-order valence-corrected chi connectivity index (χ3v) is 4.44. The van der Waals surface area contributed by atoms with Gasteiger partial charge in [0.05, 0.1) is 6.04 Å². The minimum absolute atomic E-state index is 0. The van der Waals surface area contributed by atoms with Crippen molar-refractivity contribution >= 4 is 24.3 Å². The Morgan fingerprint density at radius 1 is 1.35 bits per heavy atom. The number of urea groups is 1. The van der Waals surface area contributed by atoms with Crippen LogP contribution in [0.2, 0.25) is 0 Å². The van der Waals surface area contributed by atoms with Crippen molar-refractivity contribution in [3.63, 3.8) is 0 Å². The summed E-state index contributed by atoms with van der Waals surface area (Å²) in [7, 11) is 0. The fourth-order valence-electron chi connectivity index (χ4n) is 3.25. The number of amides is 3. The molecule has 1 aliphatic heterocycles. The predicted octanol–water partition coefficient (Wildman–Crippen LogP) is 0.312. The molecule has 1 aliphatic carbocycles. The standard InChI is InChI=1S/C13H24N4O2.ClH/c1-3-15-13(19)16-12(18)8(2)17-6-9-4-5-11(14)10(9)7-17;/h8-11H,3-7,14H2,1-2H3,(H2,15,16,18,19);1H. The van der Waals surface area contributed by atoms with Crippen molar-refractivity contribution in [1.82, 2.24) is 15.5 Å². The Hall–Kier alpha value is -0.850. The summed E-state index contributed by atoms with van der Waals surface area (Å²) in [6.07, 6.45) is 2.26. The summed E-state index contributed by atoms with van der Waals surface area (Å²) < 4.78 is 0. The van der Waals surface area contributed by atoms with Gasteiger partial charge < -0.3 is 11.1 Å². The Morgan fingerprint density at radius 3 is 2.65 bits per heavy atom. The molecule has 1 saturated heterocycles. The van der Waals surface area contributed by atoms with E-state index in [1.54, 1.807) is 0 Å². The molecule has 2 rings (SSSR count). The molecule has 0 aromatic carbocycles. The Labute approximate surface area is 126 Å². The first-order valence-corrected chi connectivity index (χ1v) is 7.11. The lowest BCUT2D eigenvalue weighted by Crippen LogP contribution is -2.49. The predicted molar refractivity (Wildman–Crippen MR) is 79.7 cm³/mol. The molecule has 4 unspecified atom stereocenters. The third kappa shape index (κ3) is 3.62. The van der Waals surface area contributed by atoms with E-state index in [1.165, 1.54) is 0 Å². The number of fused-ring (bicyclic) bond motifs is 1. The molecule has 20 heavy (non-hydrogen) atoms. The molecule has 0 bridgehead atoms. The summed E-state index contributed by atoms with van der Waals surface area (Å²) >= 11 is 0. The monoisotopic (exact) mass is 304 g/mol. The number of imide groups is 1. The van der Waals surface area contributed by atoms with E-state index < -0.39 is 6.03 Å². The van der Waals surface area contributed by atoms with Crippen LogP contribution in [0.15, 0.2) is 0 Å². The van der Waals surface area contributed by atoms with Crippen LogP contribution >= 0.6 is 12.4 Å². The van der Waals surface area contributed by atoms with Gasteiger partial charge in [-0.2, -0.15) is 0 Å². The summed E-state index contributed by atoms with van der Waals surface area (Å²) in [6, 6.07) is -0.426. The van der Waals surface area contributed by atoms with Gasteiger partial charge in [0.2, 0.25) is 5.91 Å². The van der Waals surface area contributed by atoms with Gasteiger partial charge >= 0.3 is 6.03 Å². The van der Waals surface area contributed by atoms with Crippen molar-refractivity contribution in [2.24, 2.45) is 17.6 Å². The van der Waals surface area contributed by atoms with Gasteiger partial charge in [-0.25, -0.2) is 4.79 Å². The highest BCUT2D eigenvalue weighted by atomic mass is 35.5. The van der Waals surface area contributed by atoms with Crippen LogP contribution in [-0.2, 0) is 4.79 Å². The second-order valence-corrected chi connectivity index (χ2v) is 5.64. The zero-order chi connectivity index (χ0) is 14.0. The van der Waals surface area contributed by atoms with Gasteiger partial charge in [-0.3, -0.25) is 15.0 Å². The van der Waals surface area contributed by atoms with Crippen molar-refractivity contribution in [3.8, 4) is 0 Å². The van der Waals surface area contributed by atoms with Gasteiger partial charge in [-0.15, -0.1) is 12.4 Å². The maximum Gasteiger partial charge on any atom is 0.321 e. The molecule has 7 heteroatoms. The van der Waals surface area contributed by atoms with Crippen molar-refractivity contribution in [2.45, 2.75) is 38.8 Å². The highest BCUT2D eigenvalue weighted by Gasteiger charge is 2.43. The Morgan fingerprint density at radius 2 is 2.05 bits per heavy atom. The molecular formula is C13H25ClN4O2. The molecule has 4 atom stereocenters. The molecule has 0 aromatic heterocycles. The van der Waals surface area contributed by atoms with Gasteiger partial charge in [0.25, 0.3) is 0 Å². The van der Waals surface area contributed by atoms with E-state index >= 15 is 0 Å². The number of carbonyl (C=O) groups excluding carboxylic acids is 2. The molecule has 0 aromatic rings. The molecule has 2 aliphatic rings. The van der Waals surface area contributed by atoms with E-state index in [0.29, 0.717) is 18.4 Å². The Balaban J connectivity index is 0.00000200. The highest BCUT2D eigenvalue weighted by molar-refractivity contribution is 5.96. The molecule has 0 radical (unpaired) electrons. The van der Waals surface area contributed by atoms with E-state index in [4.69, 9.17) is 5.73 Å². The number of nitrogens with two attached hydrogens (primary N) is 1. The second-order valence-electron chi connectivity index (χ2n) is 5.64. The number of carbonyl (C=O) groups is 2. The van der Waals surface area contributed by atoms with Crippen LogP contribution in [0.25, 0.3) is 0 Å². The largest absolute Gasteiger partial charge is 0.338 e. The number of hydrogen-bond donors (Lipinski definition) is 3. The zero-order valence-corrected chi connectivity index (χ0v) is 12.9. The molecule has 6 nitrogen and oxygen atoms in total. The molecule has 2 fully saturated rings. The van der Waals surface area contributed by atoms with Gasteiger partial charge in [-0.05, 0) is 38.5 Å². The van der Waals surface area contributed by atoms with Gasteiger partial charge in [-0.1, -0.05) is 0 Å². The van der Waals surface area contributed by atoms with Crippen molar-refractivity contribution < 1.29 is 9.59 Å². The molecule has 1 saturated carbocycles. The van der Waals surface area contributed by atoms with E-state index in [1.807, 2.05) is 13.8 Å². The highest BCUT2D eigenvalue weighted by Crippen LogP contribution is 2.37. The van der Waals surface area contributed by atoms with Crippen molar-refractivity contribution in [1.29, 1.82) is 0 Å². The first-order chi connectivity index (χ1) is 9.02. The maximum atomic E-state index is 12.0. The lowest BCUT2D eigenvalue weighted by molar-refractivity contribution is -0.124. The fraction of sp³-hybridized carbons (Fsp3) is 0.846. The summed E-state index contributed by atoms with van der Waals surface area (Å²) in [5.74, 6) is 0.897. The van der Waals surface area contributed by atoms with Crippen molar-refractivity contribution in [2.75, 3.05) is 19.6 Å². The van der Waals surface area contributed by atoms with E-state index in [9.17, 15) is 9.59 Å². The molecule has 116 valence electrons. The van der Waals surface area contributed by atoms with Gasteiger partial charge in [0, 0.05) is 25.7 Å². The van der Waals surface area contributed by atoms with Crippen LogP contribution in [0.4, 0.5) is 4.79 Å².